The number of aromatic nitrogens is 2. The van der Waals surface area contributed by atoms with Crippen molar-refractivity contribution in [3.63, 3.8) is 0 Å². The first kappa shape index (κ1) is 13.5. The zero-order chi connectivity index (χ0) is 14.7. The molecule has 2 N–H and O–H groups in total. The second-order valence-electron chi connectivity index (χ2n) is 5.19. The number of amides is 1. The third-order valence-corrected chi connectivity index (χ3v) is 3.60. The predicted octanol–water partition coefficient (Wildman–Crippen LogP) is 2.07. The highest BCUT2D eigenvalue weighted by Gasteiger charge is 2.17. The van der Waals surface area contributed by atoms with E-state index in [0.717, 1.165) is 47.6 Å². The van der Waals surface area contributed by atoms with E-state index in [1.165, 1.54) is 0 Å². The van der Waals surface area contributed by atoms with E-state index in [4.69, 9.17) is 0 Å². The van der Waals surface area contributed by atoms with Gasteiger partial charge in [-0.05, 0) is 37.5 Å². The van der Waals surface area contributed by atoms with Gasteiger partial charge in [0.1, 0.15) is 0 Å². The molecule has 3 rings (SSSR count). The lowest BCUT2D eigenvalue weighted by atomic mass is 9.97. The number of carbonyl (C=O) groups excluding carboxylic acids is 1. The van der Waals surface area contributed by atoms with Crippen LogP contribution in [0, 0.1) is 6.92 Å². The lowest BCUT2D eigenvalue weighted by Crippen LogP contribution is -2.26. The number of carbonyl (C=O) groups is 1. The Morgan fingerprint density at radius 1 is 1.33 bits per heavy atom. The van der Waals surface area contributed by atoms with Gasteiger partial charge in [0.15, 0.2) is 0 Å². The van der Waals surface area contributed by atoms with Gasteiger partial charge in [-0.15, -0.1) is 0 Å². The van der Waals surface area contributed by atoms with Crippen LogP contribution in [0.3, 0.4) is 0 Å². The Hall–Kier alpha value is -2.43. The van der Waals surface area contributed by atoms with Gasteiger partial charge in [0.25, 0.3) is 5.91 Å². The minimum absolute atomic E-state index is 0.0575. The van der Waals surface area contributed by atoms with E-state index in [0.29, 0.717) is 6.54 Å². The first-order chi connectivity index (χ1) is 10.2. The minimum atomic E-state index is -0.0575. The van der Waals surface area contributed by atoms with Crippen molar-refractivity contribution < 1.29 is 4.79 Å². The monoisotopic (exact) mass is 282 g/mol. The topological polar surface area (TPSA) is 66.9 Å². The van der Waals surface area contributed by atoms with Crippen molar-refractivity contribution in [1.82, 2.24) is 15.3 Å². The quantitative estimate of drug-likeness (QED) is 0.904. The van der Waals surface area contributed by atoms with E-state index >= 15 is 0 Å². The van der Waals surface area contributed by atoms with E-state index in [-0.39, 0.29) is 5.91 Å². The molecule has 0 bridgehead atoms. The number of rotatable bonds is 3. The Kier molecular flexibility index (Phi) is 3.81. The van der Waals surface area contributed by atoms with Crippen LogP contribution >= 0.6 is 0 Å². The summed E-state index contributed by atoms with van der Waals surface area (Å²) in [5.74, 6) is -0.0575. The second-order valence-corrected chi connectivity index (χ2v) is 5.19. The first-order valence-electron chi connectivity index (χ1n) is 7.15. The van der Waals surface area contributed by atoms with Crippen molar-refractivity contribution in [2.24, 2.45) is 0 Å². The van der Waals surface area contributed by atoms with Crippen LogP contribution in [0.25, 0.3) is 0 Å². The fraction of sp³-hybridized carbons (Fsp3) is 0.312. The minimum Gasteiger partial charge on any atom is -0.385 e. The number of fused-ring (bicyclic) bond motifs is 1. The van der Waals surface area contributed by atoms with Crippen molar-refractivity contribution in [3.05, 3.63) is 53.1 Å². The molecule has 2 aromatic rings. The van der Waals surface area contributed by atoms with Crippen LogP contribution < -0.4 is 10.6 Å². The van der Waals surface area contributed by atoms with Crippen LogP contribution in [-0.4, -0.2) is 22.4 Å². The summed E-state index contributed by atoms with van der Waals surface area (Å²) >= 11 is 0. The number of aryl methyl sites for hydroxylation is 1. The van der Waals surface area contributed by atoms with Crippen LogP contribution in [0.1, 0.15) is 33.7 Å². The molecule has 0 fully saturated rings. The number of benzene rings is 1. The third kappa shape index (κ3) is 3.02. The number of hydrogen-bond acceptors (Lipinski definition) is 4. The Labute approximate surface area is 123 Å². The van der Waals surface area contributed by atoms with Gasteiger partial charge >= 0.3 is 0 Å². The Morgan fingerprint density at radius 3 is 3.05 bits per heavy atom. The fourth-order valence-corrected chi connectivity index (χ4v) is 2.50. The number of nitrogens with zero attached hydrogens (tertiary/aromatic N) is 2. The van der Waals surface area contributed by atoms with Crippen molar-refractivity contribution in [2.75, 3.05) is 11.9 Å². The van der Waals surface area contributed by atoms with Crippen molar-refractivity contribution in [2.45, 2.75) is 26.3 Å². The largest absolute Gasteiger partial charge is 0.385 e. The third-order valence-electron chi connectivity index (χ3n) is 3.60. The number of hydrogen-bond donors (Lipinski definition) is 2. The molecule has 0 atom stereocenters. The van der Waals surface area contributed by atoms with Gasteiger partial charge in [0.05, 0.1) is 24.1 Å². The van der Waals surface area contributed by atoms with Gasteiger partial charge in [-0.1, -0.05) is 6.07 Å². The number of anilines is 1. The summed E-state index contributed by atoms with van der Waals surface area (Å²) in [5.41, 5.74) is 4.56. The molecule has 0 saturated heterocycles. The van der Waals surface area contributed by atoms with Gasteiger partial charge < -0.3 is 10.6 Å². The fourth-order valence-electron chi connectivity index (χ4n) is 2.50. The van der Waals surface area contributed by atoms with E-state index < -0.39 is 0 Å². The average molecular weight is 282 g/mol. The summed E-state index contributed by atoms with van der Waals surface area (Å²) in [6.07, 6.45) is 5.39. The molecule has 0 unspecified atom stereocenters. The summed E-state index contributed by atoms with van der Waals surface area (Å²) < 4.78 is 0. The molecular formula is C16H18N4O. The zero-order valence-electron chi connectivity index (χ0n) is 12.0. The Bertz CT molecular complexity index is 652. The van der Waals surface area contributed by atoms with Gasteiger partial charge in [-0.3, -0.25) is 14.8 Å². The molecule has 5 nitrogen and oxygen atoms in total. The molecule has 0 radical (unpaired) electrons. The first-order valence-corrected chi connectivity index (χ1v) is 7.15. The predicted molar refractivity (Wildman–Crippen MR) is 81.2 cm³/mol. The molecule has 1 amide bonds. The highest BCUT2D eigenvalue weighted by atomic mass is 16.1. The van der Waals surface area contributed by atoms with E-state index in [2.05, 4.69) is 20.6 Å². The molecule has 1 aliphatic heterocycles. The SMILES string of the molecule is Cc1cnc(CNC(=O)c2cccc3c2CCCN3)cn1. The molecule has 1 aliphatic rings. The molecule has 108 valence electrons. The van der Waals surface area contributed by atoms with E-state index in [1.807, 2.05) is 25.1 Å². The standard InChI is InChI=1S/C16H18N4O/c1-11-8-19-12(9-18-11)10-20-16(21)14-4-2-6-15-13(14)5-3-7-17-15/h2,4,6,8-9,17H,3,5,7,10H2,1H3,(H,20,21). The lowest BCUT2D eigenvalue weighted by Gasteiger charge is -2.20. The van der Waals surface area contributed by atoms with Crippen LogP contribution in [0.15, 0.2) is 30.6 Å². The molecule has 21 heavy (non-hydrogen) atoms. The highest BCUT2D eigenvalue weighted by Crippen LogP contribution is 2.25. The Balaban J connectivity index is 1.72. The molecule has 1 aromatic heterocycles. The summed E-state index contributed by atoms with van der Waals surface area (Å²) in [6, 6.07) is 5.82. The van der Waals surface area contributed by atoms with E-state index in [9.17, 15) is 4.79 Å². The van der Waals surface area contributed by atoms with Crippen molar-refractivity contribution in [3.8, 4) is 0 Å². The average Bonchev–Trinajstić information content (AvgIpc) is 2.53. The molecule has 0 spiro atoms. The van der Waals surface area contributed by atoms with Gasteiger partial charge in [0.2, 0.25) is 0 Å². The molecule has 5 heteroatoms. The maximum atomic E-state index is 12.4. The van der Waals surface area contributed by atoms with Crippen LogP contribution in [0.5, 0.6) is 0 Å². The molecule has 2 heterocycles. The van der Waals surface area contributed by atoms with Gasteiger partial charge in [-0.25, -0.2) is 0 Å². The Morgan fingerprint density at radius 2 is 2.24 bits per heavy atom. The van der Waals surface area contributed by atoms with Crippen molar-refractivity contribution >= 4 is 11.6 Å². The normalized spacial score (nSPS) is 13.2. The number of nitrogens with one attached hydrogen (secondary N) is 2. The summed E-state index contributed by atoms with van der Waals surface area (Å²) in [4.78, 5) is 20.8. The van der Waals surface area contributed by atoms with Crippen LogP contribution in [0.4, 0.5) is 5.69 Å². The molecular weight excluding hydrogens is 264 g/mol. The van der Waals surface area contributed by atoms with Crippen LogP contribution in [-0.2, 0) is 13.0 Å². The summed E-state index contributed by atoms with van der Waals surface area (Å²) in [5, 5.41) is 6.25. The van der Waals surface area contributed by atoms with Crippen LogP contribution in [0.2, 0.25) is 0 Å². The van der Waals surface area contributed by atoms with Gasteiger partial charge in [0, 0.05) is 24.0 Å². The maximum Gasteiger partial charge on any atom is 0.251 e. The smallest absolute Gasteiger partial charge is 0.251 e. The molecule has 1 aromatic carbocycles. The lowest BCUT2D eigenvalue weighted by molar-refractivity contribution is 0.0949. The summed E-state index contributed by atoms with van der Waals surface area (Å²) in [6.45, 7) is 3.25. The second kappa shape index (κ2) is 5.91. The maximum absolute atomic E-state index is 12.4. The van der Waals surface area contributed by atoms with E-state index in [1.54, 1.807) is 12.4 Å². The molecule has 0 saturated carbocycles. The molecule has 0 aliphatic carbocycles. The summed E-state index contributed by atoms with van der Waals surface area (Å²) in [7, 11) is 0. The highest BCUT2D eigenvalue weighted by molar-refractivity contribution is 5.97. The zero-order valence-corrected chi connectivity index (χ0v) is 12.0. The van der Waals surface area contributed by atoms with Crippen molar-refractivity contribution in [1.29, 1.82) is 0 Å². The van der Waals surface area contributed by atoms with Gasteiger partial charge in [-0.2, -0.15) is 0 Å².